The van der Waals surface area contributed by atoms with Gasteiger partial charge in [0.1, 0.15) is 0 Å². The minimum Gasteiger partial charge on any atom is -0.321 e. The van der Waals surface area contributed by atoms with E-state index in [0.29, 0.717) is 0 Å². The van der Waals surface area contributed by atoms with E-state index >= 15 is 0 Å². The molecule has 2 unspecified atom stereocenters. The second kappa shape index (κ2) is 4.81. The molecule has 0 spiro atoms. The van der Waals surface area contributed by atoms with E-state index in [2.05, 4.69) is 39.0 Å². The second-order valence-electron chi connectivity index (χ2n) is 5.83. The highest BCUT2D eigenvalue weighted by Crippen LogP contribution is 2.39. The van der Waals surface area contributed by atoms with Crippen LogP contribution in [0.1, 0.15) is 55.7 Å². The zero-order chi connectivity index (χ0) is 12.5. The molecule has 0 aliphatic heterocycles. The van der Waals surface area contributed by atoms with Crippen LogP contribution in [-0.4, -0.2) is 0 Å². The standard InChI is InChI=1S/C16H25N/c1-4-14-6-5-9-16(17,11-14)15-8-7-12(2)13(3)10-15/h7-8,10,14H,4-6,9,11,17H2,1-3H3. The van der Waals surface area contributed by atoms with Crippen LogP contribution in [0.3, 0.4) is 0 Å². The van der Waals surface area contributed by atoms with Crippen molar-refractivity contribution in [1.82, 2.24) is 0 Å². The highest BCUT2D eigenvalue weighted by molar-refractivity contribution is 5.34. The van der Waals surface area contributed by atoms with Crippen LogP contribution >= 0.6 is 0 Å². The number of aryl methyl sites for hydroxylation is 2. The van der Waals surface area contributed by atoms with Crippen LogP contribution in [0.25, 0.3) is 0 Å². The average molecular weight is 231 g/mol. The van der Waals surface area contributed by atoms with Gasteiger partial charge in [0.15, 0.2) is 0 Å². The number of rotatable bonds is 2. The predicted octanol–water partition coefficient (Wildman–Crippen LogP) is 4.06. The third-order valence-corrected chi connectivity index (χ3v) is 4.55. The van der Waals surface area contributed by atoms with Crippen molar-refractivity contribution < 1.29 is 0 Å². The highest BCUT2D eigenvalue weighted by atomic mass is 14.7. The Labute approximate surface area is 105 Å². The maximum Gasteiger partial charge on any atom is 0.0412 e. The van der Waals surface area contributed by atoms with Gasteiger partial charge in [-0.15, -0.1) is 0 Å². The first-order chi connectivity index (χ1) is 8.05. The zero-order valence-electron chi connectivity index (χ0n) is 11.4. The van der Waals surface area contributed by atoms with Crippen molar-refractivity contribution in [2.45, 2.75) is 58.4 Å². The molecule has 0 bridgehead atoms. The molecule has 0 amide bonds. The summed E-state index contributed by atoms with van der Waals surface area (Å²) >= 11 is 0. The van der Waals surface area contributed by atoms with E-state index in [9.17, 15) is 0 Å². The van der Waals surface area contributed by atoms with Gasteiger partial charge in [-0.1, -0.05) is 44.4 Å². The molecular formula is C16H25N. The number of nitrogens with two attached hydrogens (primary N) is 1. The van der Waals surface area contributed by atoms with Crippen molar-refractivity contribution in [1.29, 1.82) is 0 Å². The van der Waals surface area contributed by atoms with E-state index in [1.807, 2.05) is 0 Å². The minimum absolute atomic E-state index is 0.0720. The summed E-state index contributed by atoms with van der Waals surface area (Å²) in [6, 6.07) is 6.75. The van der Waals surface area contributed by atoms with E-state index in [1.54, 1.807) is 0 Å². The summed E-state index contributed by atoms with van der Waals surface area (Å²) in [5, 5.41) is 0. The lowest BCUT2D eigenvalue weighted by molar-refractivity contribution is 0.221. The summed E-state index contributed by atoms with van der Waals surface area (Å²) in [5.41, 5.74) is 10.7. The van der Waals surface area contributed by atoms with Crippen LogP contribution in [-0.2, 0) is 5.54 Å². The number of hydrogen-bond acceptors (Lipinski definition) is 1. The van der Waals surface area contributed by atoms with Gasteiger partial charge in [0.05, 0.1) is 0 Å². The second-order valence-corrected chi connectivity index (χ2v) is 5.83. The summed E-state index contributed by atoms with van der Waals surface area (Å²) in [6.45, 7) is 6.64. The largest absolute Gasteiger partial charge is 0.321 e. The van der Waals surface area contributed by atoms with E-state index in [1.165, 1.54) is 36.0 Å². The van der Waals surface area contributed by atoms with Gasteiger partial charge in [-0.05, 0) is 49.3 Å². The molecular weight excluding hydrogens is 206 g/mol. The van der Waals surface area contributed by atoms with E-state index in [-0.39, 0.29) is 5.54 Å². The molecule has 2 atom stereocenters. The zero-order valence-corrected chi connectivity index (χ0v) is 11.4. The van der Waals surface area contributed by atoms with Gasteiger partial charge >= 0.3 is 0 Å². The number of hydrogen-bond donors (Lipinski definition) is 1. The van der Waals surface area contributed by atoms with Crippen molar-refractivity contribution in [2.75, 3.05) is 0 Å². The molecule has 1 aliphatic carbocycles. The maximum atomic E-state index is 6.67. The summed E-state index contributed by atoms with van der Waals surface area (Å²) in [4.78, 5) is 0. The Balaban J connectivity index is 2.27. The van der Waals surface area contributed by atoms with Gasteiger partial charge in [0.25, 0.3) is 0 Å². The molecule has 1 heteroatoms. The predicted molar refractivity (Wildman–Crippen MR) is 74.0 cm³/mol. The topological polar surface area (TPSA) is 26.0 Å². The van der Waals surface area contributed by atoms with Gasteiger partial charge in [-0.25, -0.2) is 0 Å². The molecule has 0 radical (unpaired) electrons. The van der Waals surface area contributed by atoms with Gasteiger partial charge < -0.3 is 5.73 Å². The fraction of sp³-hybridized carbons (Fsp3) is 0.625. The van der Waals surface area contributed by atoms with Gasteiger partial charge in [-0.3, -0.25) is 0 Å². The fourth-order valence-electron chi connectivity index (χ4n) is 3.09. The molecule has 1 saturated carbocycles. The van der Waals surface area contributed by atoms with Gasteiger partial charge in [0, 0.05) is 5.54 Å². The molecule has 2 N–H and O–H groups in total. The molecule has 94 valence electrons. The monoisotopic (exact) mass is 231 g/mol. The third kappa shape index (κ3) is 2.55. The van der Waals surface area contributed by atoms with Crippen molar-refractivity contribution in [3.05, 3.63) is 34.9 Å². The average Bonchev–Trinajstić information content (AvgIpc) is 2.32. The Hall–Kier alpha value is -0.820. The molecule has 0 heterocycles. The Morgan fingerprint density at radius 1 is 1.29 bits per heavy atom. The van der Waals surface area contributed by atoms with Crippen LogP contribution in [0.2, 0.25) is 0 Å². The molecule has 1 aromatic rings. The number of benzene rings is 1. The molecule has 1 fully saturated rings. The Morgan fingerprint density at radius 2 is 2.06 bits per heavy atom. The van der Waals surface area contributed by atoms with Crippen LogP contribution in [0.15, 0.2) is 18.2 Å². The molecule has 1 nitrogen and oxygen atoms in total. The first kappa shape index (κ1) is 12.6. The summed E-state index contributed by atoms with van der Waals surface area (Å²) in [6.07, 6.45) is 6.21. The Morgan fingerprint density at radius 3 is 2.71 bits per heavy atom. The van der Waals surface area contributed by atoms with Crippen LogP contribution in [0, 0.1) is 19.8 Å². The fourth-order valence-corrected chi connectivity index (χ4v) is 3.09. The normalized spacial score (nSPS) is 29.3. The van der Waals surface area contributed by atoms with E-state index in [0.717, 1.165) is 18.8 Å². The SMILES string of the molecule is CCC1CCCC(N)(c2ccc(C)c(C)c2)C1. The maximum absolute atomic E-state index is 6.67. The van der Waals surface area contributed by atoms with Crippen molar-refractivity contribution in [3.8, 4) is 0 Å². The quantitative estimate of drug-likeness (QED) is 0.816. The van der Waals surface area contributed by atoms with Crippen LogP contribution in [0.4, 0.5) is 0 Å². The lowest BCUT2D eigenvalue weighted by atomic mass is 9.71. The summed E-state index contributed by atoms with van der Waals surface area (Å²) in [7, 11) is 0. The third-order valence-electron chi connectivity index (χ3n) is 4.55. The first-order valence-corrected chi connectivity index (χ1v) is 6.92. The molecule has 0 saturated heterocycles. The van der Waals surface area contributed by atoms with E-state index in [4.69, 9.17) is 5.73 Å². The van der Waals surface area contributed by atoms with Gasteiger partial charge in [0.2, 0.25) is 0 Å². The molecule has 2 rings (SSSR count). The van der Waals surface area contributed by atoms with Crippen molar-refractivity contribution >= 4 is 0 Å². The lowest BCUT2D eigenvalue weighted by Gasteiger charge is -2.38. The van der Waals surface area contributed by atoms with Crippen LogP contribution < -0.4 is 5.73 Å². The van der Waals surface area contributed by atoms with E-state index < -0.39 is 0 Å². The lowest BCUT2D eigenvalue weighted by Crippen LogP contribution is -2.41. The molecule has 0 aromatic heterocycles. The molecule has 1 aliphatic rings. The van der Waals surface area contributed by atoms with Gasteiger partial charge in [-0.2, -0.15) is 0 Å². The smallest absolute Gasteiger partial charge is 0.0412 e. The molecule has 1 aromatic carbocycles. The summed E-state index contributed by atoms with van der Waals surface area (Å²) < 4.78 is 0. The highest BCUT2D eigenvalue weighted by Gasteiger charge is 2.33. The van der Waals surface area contributed by atoms with Crippen molar-refractivity contribution in [2.24, 2.45) is 11.7 Å². The first-order valence-electron chi connectivity index (χ1n) is 6.92. The van der Waals surface area contributed by atoms with Crippen molar-refractivity contribution in [3.63, 3.8) is 0 Å². The summed E-state index contributed by atoms with van der Waals surface area (Å²) in [5.74, 6) is 0.815. The molecule has 17 heavy (non-hydrogen) atoms. The van der Waals surface area contributed by atoms with Crippen LogP contribution in [0.5, 0.6) is 0 Å². The minimum atomic E-state index is -0.0720. The Bertz CT molecular complexity index is 397. The Kier molecular flexibility index (Phi) is 3.58.